The molecule has 2 N–H and O–H groups in total. The largest absolute Gasteiger partial charge is 0.366 e. The highest BCUT2D eigenvalue weighted by molar-refractivity contribution is 5.52. The van der Waals surface area contributed by atoms with Crippen molar-refractivity contribution in [2.45, 2.75) is 18.9 Å². The number of anilines is 3. The van der Waals surface area contributed by atoms with Crippen molar-refractivity contribution in [3.05, 3.63) is 35.8 Å². The Labute approximate surface area is 145 Å². The molecule has 3 rings (SSSR count). The zero-order valence-electron chi connectivity index (χ0n) is 14.1. The summed E-state index contributed by atoms with van der Waals surface area (Å²) in [6.45, 7) is 9.76. The second-order valence-corrected chi connectivity index (χ2v) is 6.01. The van der Waals surface area contributed by atoms with Crippen LogP contribution in [0.5, 0.6) is 0 Å². The van der Waals surface area contributed by atoms with Crippen molar-refractivity contribution in [3.8, 4) is 0 Å². The number of nitrogens with one attached hydrogen (secondary N) is 2. The number of aryl methyl sites for hydroxylation is 1. The maximum atomic E-state index is 14.0. The third kappa shape index (κ3) is 4.42. The summed E-state index contributed by atoms with van der Waals surface area (Å²) in [7, 11) is 1.81. The van der Waals surface area contributed by atoms with Gasteiger partial charge in [0.05, 0.1) is 24.6 Å². The number of aromatic nitrogens is 4. The molecule has 9 heteroatoms. The van der Waals surface area contributed by atoms with Gasteiger partial charge >= 0.3 is 0 Å². The van der Waals surface area contributed by atoms with Gasteiger partial charge in [0.2, 0.25) is 12.5 Å². The van der Waals surface area contributed by atoms with Gasteiger partial charge in [0.15, 0.2) is 11.6 Å². The van der Waals surface area contributed by atoms with E-state index in [2.05, 4.69) is 35.4 Å². The summed E-state index contributed by atoms with van der Waals surface area (Å²) in [4.78, 5) is 13.9. The molecule has 0 unspecified atom stereocenters. The minimum atomic E-state index is -0.484. The fourth-order valence-corrected chi connectivity index (χ4v) is 2.98. The van der Waals surface area contributed by atoms with Gasteiger partial charge < -0.3 is 15.5 Å². The first-order valence-electron chi connectivity index (χ1n) is 8.25. The minimum absolute atomic E-state index is 0.179. The van der Waals surface area contributed by atoms with Crippen molar-refractivity contribution < 1.29 is 4.39 Å². The first kappa shape index (κ1) is 17.1. The van der Waals surface area contributed by atoms with E-state index in [0.29, 0.717) is 25.1 Å². The second-order valence-electron chi connectivity index (χ2n) is 6.01. The van der Waals surface area contributed by atoms with Gasteiger partial charge in [-0.15, -0.1) is 0 Å². The first-order valence-corrected chi connectivity index (χ1v) is 8.25. The summed E-state index contributed by atoms with van der Waals surface area (Å²) in [5.74, 6) is 0.00838. The average molecular weight is 344 g/mol. The molecular weight excluding hydrogens is 323 g/mol. The van der Waals surface area contributed by atoms with Gasteiger partial charge in [-0.2, -0.15) is 10.1 Å². The van der Waals surface area contributed by atoms with Crippen molar-refractivity contribution in [1.29, 1.82) is 0 Å². The van der Waals surface area contributed by atoms with Crippen LogP contribution in [-0.2, 0) is 7.05 Å². The SMILES string of the molecule is [C-]#[N+]CCN1CCC[C@@H]1CNc1nc(Nc2cnn(C)c2)ncc1F. The number of halogens is 1. The Bertz CT molecular complexity index is 753. The van der Waals surface area contributed by atoms with Gasteiger partial charge in [-0.3, -0.25) is 9.58 Å². The van der Waals surface area contributed by atoms with Crippen LogP contribution in [0.4, 0.5) is 21.8 Å². The lowest BCUT2D eigenvalue weighted by atomic mass is 10.2. The molecule has 1 fully saturated rings. The molecule has 8 nitrogen and oxygen atoms in total. The van der Waals surface area contributed by atoms with Gasteiger partial charge in [0.1, 0.15) is 0 Å². The maximum absolute atomic E-state index is 14.0. The fourth-order valence-electron chi connectivity index (χ4n) is 2.98. The van der Waals surface area contributed by atoms with Crippen LogP contribution >= 0.6 is 0 Å². The molecule has 0 spiro atoms. The molecule has 0 saturated carbocycles. The lowest BCUT2D eigenvalue weighted by Crippen LogP contribution is -2.36. The van der Waals surface area contributed by atoms with Crippen LogP contribution in [0.25, 0.3) is 4.85 Å². The Morgan fingerprint density at radius 3 is 3.08 bits per heavy atom. The zero-order chi connectivity index (χ0) is 17.6. The van der Waals surface area contributed by atoms with E-state index in [1.807, 2.05) is 7.05 Å². The van der Waals surface area contributed by atoms with Crippen LogP contribution in [-0.4, -0.2) is 56.9 Å². The van der Waals surface area contributed by atoms with E-state index >= 15 is 0 Å². The first-order chi connectivity index (χ1) is 12.2. The molecule has 0 bridgehead atoms. The van der Waals surface area contributed by atoms with Crippen LogP contribution in [0.3, 0.4) is 0 Å². The van der Waals surface area contributed by atoms with E-state index in [0.717, 1.165) is 37.8 Å². The van der Waals surface area contributed by atoms with Crippen molar-refractivity contribution in [3.63, 3.8) is 0 Å². The summed E-state index contributed by atoms with van der Waals surface area (Å²) < 4.78 is 15.7. The van der Waals surface area contributed by atoms with Gasteiger partial charge in [-0.05, 0) is 19.4 Å². The predicted molar refractivity (Wildman–Crippen MR) is 93.0 cm³/mol. The number of rotatable bonds is 7. The van der Waals surface area contributed by atoms with E-state index in [9.17, 15) is 4.39 Å². The molecule has 0 aromatic carbocycles. The standard InChI is InChI=1S/C16H21FN8/c1-18-5-7-25-6-3-4-13(25)9-19-15-14(17)10-20-16(23-15)22-12-8-21-24(2)11-12/h8,10-11,13H,3-7,9H2,2H3,(H2,19,20,22,23)/t13-/m1/s1. The molecule has 1 saturated heterocycles. The van der Waals surface area contributed by atoms with Crippen molar-refractivity contribution in [2.24, 2.45) is 7.05 Å². The van der Waals surface area contributed by atoms with E-state index in [1.165, 1.54) is 0 Å². The Hall–Kier alpha value is -2.73. The summed E-state index contributed by atoms with van der Waals surface area (Å²) in [5, 5.41) is 10.1. The van der Waals surface area contributed by atoms with Crippen molar-refractivity contribution in [1.82, 2.24) is 24.6 Å². The molecule has 2 aromatic heterocycles. The highest BCUT2D eigenvalue weighted by atomic mass is 19.1. The summed E-state index contributed by atoms with van der Waals surface area (Å²) in [6, 6.07) is 0.297. The quantitative estimate of drug-likeness (QED) is 0.747. The topological polar surface area (TPSA) is 75.3 Å². The molecule has 0 radical (unpaired) electrons. The molecule has 0 aliphatic carbocycles. The van der Waals surface area contributed by atoms with Crippen LogP contribution < -0.4 is 10.6 Å². The minimum Gasteiger partial charge on any atom is -0.366 e. The van der Waals surface area contributed by atoms with Gasteiger partial charge in [-0.25, -0.2) is 15.9 Å². The third-order valence-corrected chi connectivity index (χ3v) is 4.21. The number of likely N-dealkylation sites (tertiary alicyclic amines) is 1. The normalized spacial score (nSPS) is 17.4. The molecule has 1 aliphatic rings. The molecule has 1 aliphatic heterocycles. The molecule has 1 atom stereocenters. The Morgan fingerprint density at radius 2 is 2.32 bits per heavy atom. The summed E-state index contributed by atoms with van der Waals surface area (Å²) >= 11 is 0. The predicted octanol–water partition coefficient (Wildman–Crippen LogP) is 1.89. The highest BCUT2D eigenvalue weighted by Crippen LogP contribution is 2.19. The molecule has 3 heterocycles. The lowest BCUT2D eigenvalue weighted by Gasteiger charge is -2.23. The van der Waals surface area contributed by atoms with Crippen molar-refractivity contribution in [2.75, 3.05) is 36.8 Å². The van der Waals surface area contributed by atoms with Crippen LogP contribution in [0.2, 0.25) is 0 Å². The monoisotopic (exact) mass is 344 g/mol. The molecule has 2 aromatic rings. The van der Waals surface area contributed by atoms with E-state index < -0.39 is 5.82 Å². The summed E-state index contributed by atoms with van der Waals surface area (Å²) in [6.07, 6.45) is 6.73. The smallest absolute Gasteiger partial charge is 0.229 e. The van der Waals surface area contributed by atoms with Crippen LogP contribution in [0, 0.1) is 12.4 Å². The Balaban J connectivity index is 1.62. The Kier molecular flexibility index (Phi) is 5.40. The lowest BCUT2D eigenvalue weighted by molar-refractivity contribution is 0.274. The number of nitrogens with zero attached hydrogens (tertiary/aromatic N) is 6. The van der Waals surface area contributed by atoms with Crippen molar-refractivity contribution >= 4 is 17.5 Å². The average Bonchev–Trinajstić information content (AvgIpc) is 3.22. The molecule has 132 valence electrons. The maximum Gasteiger partial charge on any atom is 0.229 e. The van der Waals surface area contributed by atoms with E-state index in [4.69, 9.17) is 6.57 Å². The van der Waals surface area contributed by atoms with E-state index in [-0.39, 0.29) is 5.82 Å². The number of hydrogen-bond donors (Lipinski definition) is 2. The van der Waals surface area contributed by atoms with Crippen LogP contribution in [0.1, 0.15) is 12.8 Å². The summed E-state index contributed by atoms with van der Waals surface area (Å²) in [5.41, 5.74) is 0.737. The third-order valence-electron chi connectivity index (χ3n) is 4.21. The van der Waals surface area contributed by atoms with Gasteiger partial charge in [0, 0.05) is 25.8 Å². The number of hydrogen-bond acceptors (Lipinski definition) is 6. The zero-order valence-corrected chi connectivity index (χ0v) is 14.1. The van der Waals surface area contributed by atoms with Crippen LogP contribution in [0.15, 0.2) is 18.6 Å². The highest BCUT2D eigenvalue weighted by Gasteiger charge is 2.25. The molecule has 0 amide bonds. The van der Waals surface area contributed by atoms with Gasteiger partial charge in [0.25, 0.3) is 0 Å². The molecular formula is C16H21FN8. The van der Waals surface area contributed by atoms with Gasteiger partial charge in [-0.1, -0.05) is 0 Å². The Morgan fingerprint density at radius 1 is 1.44 bits per heavy atom. The second kappa shape index (κ2) is 7.90. The molecule has 25 heavy (non-hydrogen) atoms. The fraction of sp³-hybridized carbons (Fsp3) is 0.500. The van der Waals surface area contributed by atoms with E-state index in [1.54, 1.807) is 17.1 Å².